The number of Topliss-reactive ketones (excluding diaryl/α,β-unsaturated/α-hetero) is 2. The Bertz CT molecular complexity index is 1470. The number of nitrogens with zero attached hydrogens (tertiary/aromatic N) is 2. The van der Waals surface area contributed by atoms with E-state index < -0.39 is 83.0 Å². The number of likely N-dealkylation sites (N-methyl/N-ethyl adjacent to an activating group) is 1. The second-order valence-corrected chi connectivity index (χ2v) is 16.6. The quantitative estimate of drug-likeness (QED) is 0.198. The molecule has 1 aromatic carbocycles. The summed E-state index contributed by atoms with van der Waals surface area (Å²) < 4.78 is 30.8. The van der Waals surface area contributed by atoms with Gasteiger partial charge in [-0.2, -0.15) is 0 Å². The molecule has 0 spiro atoms. The highest BCUT2D eigenvalue weighted by atomic mass is 16.7. The standard InChI is InChI=1S/C41H64N2O11/c1-12-30-41(8)33(43(38(48)54-41)21-17-16-20-28-18-14-13-15-19-28)26(4)31(44)24(2)23-39(6,50-11)35(27(5)34(46)40(7,49)37(47)52-30)53-36-32(45)29(42(9)10)22-25(3)51-36/h13-15,18-19,24-27,29-30,32-33,35-36,45,49H,12,16-17,20-23H2,1-11H3/t24-,25-,26+,27+,29+,30-,32-,33?,35-,36?,39+,40?,41-/m1/s1. The number of rotatable bonds is 10. The topological polar surface area (TPSA) is 161 Å². The lowest BCUT2D eigenvalue weighted by Crippen LogP contribution is -2.62. The predicted octanol–water partition coefficient (Wildman–Crippen LogP) is 4.33. The van der Waals surface area contributed by atoms with E-state index in [0.717, 1.165) is 19.8 Å². The maximum atomic E-state index is 14.6. The van der Waals surface area contributed by atoms with Crippen LogP contribution in [0.5, 0.6) is 0 Å². The van der Waals surface area contributed by atoms with Crippen LogP contribution >= 0.6 is 0 Å². The molecule has 1 aromatic rings. The Morgan fingerprint density at radius 3 is 2.22 bits per heavy atom. The van der Waals surface area contributed by atoms with Gasteiger partial charge in [0.15, 0.2) is 17.7 Å². The average molecular weight is 761 g/mol. The van der Waals surface area contributed by atoms with Crippen molar-refractivity contribution in [2.75, 3.05) is 27.7 Å². The molecule has 0 aromatic heterocycles. The van der Waals surface area contributed by atoms with Gasteiger partial charge in [-0.3, -0.25) is 9.59 Å². The normalized spacial score (nSPS) is 39.9. The molecule has 2 N–H and O–H groups in total. The van der Waals surface area contributed by atoms with Gasteiger partial charge in [0, 0.05) is 37.5 Å². The molecule has 3 unspecified atom stereocenters. The zero-order valence-electron chi connectivity index (χ0n) is 34.1. The molecule has 0 saturated carbocycles. The van der Waals surface area contributed by atoms with Crippen LogP contribution in [0.15, 0.2) is 30.3 Å². The SMILES string of the molecule is CC[C@H]1OC(=O)C(C)(O)C(=O)[C@H](C)[C@@H](OC2O[C@H](C)C[C@H](N(C)C)[C@H]2O)[C@@](C)(OC)C[C@@H](C)C(=O)[C@H](C)C2N(CCCCc3ccccc3)C(=O)O[C@@]21C. The van der Waals surface area contributed by atoms with Crippen molar-refractivity contribution in [3.05, 3.63) is 35.9 Å². The van der Waals surface area contributed by atoms with Crippen LogP contribution in [0.3, 0.4) is 0 Å². The molecular formula is C41H64N2O11. The monoisotopic (exact) mass is 760 g/mol. The Balaban J connectivity index is 1.75. The van der Waals surface area contributed by atoms with E-state index in [2.05, 4.69) is 12.1 Å². The van der Waals surface area contributed by atoms with Crippen molar-refractivity contribution in [1.29, 1.82) is 0 Å². The summed E-state index contributed by atoms with van der Waals surface area (Å²) in [6.07, 6.45) is -2.57. The van der Waals surface area contributed by atoms with Crippen molar-refractivity contribution in [2.24, 2.45) is 17.8 Å². The van der Waals surface area contributed by atoms with Crippen LogP contribution in [0.2, 0.25) is 0 Å². The zero-order chi connectivity index (χ0) is 40.3. The van der Waals surface area contributed by atoms with Crippen molar-refractivity contribution in [3.8, 4) is 0 Å². The molecule has 0 bridgehead atoms. The number of ketones is 2. The van der Waals surface area contributed by atoms with Gasteiger partial charge in [-0.05, 0) is 85.9 Å². The number of carbonyl (C=O) groups is 4. The number of carbonyl (C=O) groups excluding carboxylic acids is 4. The van der Waals surface area contributed by atoms with Gasteiger partial charge in [0.1, 0.15) is 18.0 Å². The van der Waals surface area contributed by atoms with Gasteiger partial charge in [-0.25, -0.2) is 9.59 Å². The van der Waals surface area contributed by atoms with E-state index >= 15 is 0 Å². The van der Waals surface area contributed by atoms with E-state index in [1.54, 1.807) is 39.5 Å². The number of methoxy groups -OCH3 is 1. The Morgan fingerprint density at radius 2 is 1.63 bits per heavy atom. The number of ether oxygens (including phenoxy) is 5. The zero-order valence-corrected chi connectivity index (χ0v) is 34.1. The molecule has 13 nitrogen and oxygen atoms in total. The second-order valence-electron chi connectivity index (χ2n) is 16.6. The molecule has 0 aliphatic carbocycles. The average Bonchev–Trinajstić information content (AvgIpc) is 3.39. The number of hydrogen-bond donors (Lipinski definition) is 2. The van der Waals surface area contributed by atoms with Gasteiger partial charge in [0.05, 0.1) is 23.9 Å². The minimum Gasteiger partial charge on any atom is -0.456 e. The Labute approximate surface area is 321 Å². The number of aliphatic hydroxyl groups excluding tert-OH is 1. The third-order valence-electron chi connectivity index (χ3n) is 12.2. The first kappa shape index (κ1) is 43.8. The van der Waals surface area contributed by atoms with E-state index in [-0.39, 0.29) is 30.8 Å². The van der Waals surface area contributed by atoms with E-state index in [0.29, 0.717) is 19.4 Å². The third kappa shape index (κ3) is 8.86. The Kier molecular flexibility index (Phi) is 14.2. The number of unbranched alkanes of at least 4 members (excludes halogenated alkanes) is 1. The molecule has 3 aliphatic rings. The maximum absolute atomic E-state index is 14.6. The van der Waals surface area contributed by atoms with E-state index in [1.165, 1.54) is 19.6 Å². The van der Waals surface area contributed by atoms with Gasteiger partial charge in [0.2, 0.25) is 5.60 Å². The summed E-state index contributed by atoms with van der Waals surface area (Å²) in [7, 11) is 5.13. The Hall–Kier alpha value is -2.94. The minimum absolute atomic E-state index is 0.0591. The summed E-state index contributed by atoms with van der Waals surface area (Å²) in [4.78, 5) is 60.1. The third-order valence-corrected chi connectivity index (χ3v) is 12.2. The summed E-state index contributed by atoms with van der Waals surface area (Å²) in [5.41, 5.74) is -4.35. The molecule has 304 valence electrons. The van der Waals surface area contributed by atoms with Crippen molar-refractivity contribution in [2.45, 2.75) is 154 Å². The molecule has 3 saturated heterocycles. The molecular weight excluding hydrogens is 696 g/mol. The van der Waals surface area contributed by atoms with Gasteiger partial charge < -0.3 is 43.7 Å². The highest BCUT2D eigenvalue weighted by Gasteiger charge is 2.61. The van der Waals surface area contributed by atoms with Crippen LogP contribution in [0.1, 0.15) is 93.1 Å². The van der Waals surface area contributed by atoms with Crippen molar-refractivity contribution in [1.82, 2.24) is 9.80 Å². The molecule has 54 heavy (non-hydrogen) atoms. The highest BCUT2D eigenvalue weighted by Crippen LogP contribution is 2.43. The van der Waals surface area contributed by atoms with Crippen LogP contribution in [0.25, 0.3) is 0 Å². The lowest BCUT2D eigenvalue weighted by atomic mass is 9.73. The largest absolute Gasteiger partial charge is 0.456 e. The summed E-state index contributed by atoms with van der Waals surface area (Å²) in [5.74, 6) is -5.00. The summed E-state index contributed by atoms with van der Waals surface area (Å²) in [6, 6.07) is 8.87. The molecule has 13 atom stereocenters. The fourth-order valence-electron chi connectivity index (χ4n) is 8.99. The first-order chi connectivity index (χ1) is 25.2. The summed E-state index contributed by atoms with van der Waals surface area (Å²) >= 11 is 0. The van der Waals surface area contributed by atoms with Gasteiger partial charge in [-0.15, -0.1) is 0 Å². The molecule has 3 fully saturated rings. The lowest BCUT2D eigenvalue weighted by Gasteiger charge is -2.47. The van der Waals surface area contributed by atoms with Gasteiger partial charge >= 0.3 is 12.1 Å². The number of cyclic esters (lactones) is 1. The smallest absolute Gasteiger partial charge is 0.410 e. The van der Waals surface area contributed by atoms with Crippen molar-refractivity contribution < 1.29 is 53.1 Å². The molecule has 13 heteroatoms. The molecule has 1 amide bonds. The number of aryl methyl sites for hydroxylation is 1. The second kappa shape index (κ2) is 17.5. The number of aliphatic hydroxyl groups is 2. The first-order valence-electron chi connectivity index (χ1n) is 19.5. The summed E-state index contributed by atoms with van der Waals surface area (Å²) in [6.45, 7) is 13.4. The first-order valence-corrected chi connectivity index (χ1v) is 19.5. The van der Waals surface area contributed by atoms with Gasteiger partial charge in [0.25, 0.3) is 0 Å². The predicted molar refractivity (Wildman–Crippen MR) is 200 cm³/mol. The summed E-state index contributed by atoms with van der Waals surface area (Å²) in [5, 5.41) is 23.1. The lowest BCUT2D eigenvalue weighted by molar-refractivity contribution is -0.295. The maximum Gasteiger partial charge on any atom is 0.410 e. The number of hydrogen-bond acceptors (Lipinski definition) is 12. The number of amides is 1. The van der Waals surface area contributed by atoms with Crippen LogP contribution in [0.4, 0.5) is 4.79 Å². The fraction of sp³-hybridized carbons (Fsp3) is 0.756. The molecule has 3 heterocycles. The van der Waals surface area contributed by atoms with E-state index in [9.17, 15) is 29.4 Å². The molecule has 0 radical (unpaired) electrons. The molecule has 4 rings (SSSR count). The number of benzene rings is 1. The van der Waals surface area contributed by atoms with Crippen molar-refractivity contribution in [3.63, 3.8) is 0 Å². The number of fused-ring (bicyclic) bond motifs is 1. The van der Waals surface area contributed by atoms with Gasteiger partial charge in [-0.1, -0.05) is 58.0 Å². The number of esters is 1. The highest BCUT2D eigenvalue weighted by molar-refractivity contribution is 6.07. The van der Waals surface area contributed by atoms with Crippen LogP contribution in [0, 0.1) is 17.8 Å². The van der Waals surface area contributed by atoms with Crippen LogP contribution < -0.4 is 0 Å². The van der Waals surface area contributed by atoms with Crippen molar-refractivity contribution >= 4 is 23.6 Å². The fourth-order valence-corrected chi connectivity index (χ4v) is 8.99. The minimum atomic E-state index is -2.66. The molecule has 3 aliphatic heterocycles. The van der Waals surface area contributed by atoms with E-state index in [4.69, 9.17) is 23.7 Å². The van der Waals surface area contributed by atoms with Crippen LogP contribution in [-0.4, -0.2) is 131 Å². The Morgan fingerprint density at radius 1 is 0.981 bits per heavy atom. The van der Waals surface area contributed by atoms with Crippen LogP contribution in [-0.2, 0) is 44.5 Å². The van der Waals surface area contributed by atoms with E-state index in [1.807, 2.05) is 44.1 Å².